The third-order valence-electron chi connectivity index (χ3n) is 2.20. The standard InChI is InChI=1S/C11H13NO4/c1-2-3-14-11(13)7-4-9-10(5-8(7)12)16-6-15-9/h4-5H,2-3,6,12H2,1H3. The minimum absolute atomic E-state index is 0.155. The molecule has 1 heterocycles. The van der Waals surface area contributed by atoms with Crippen molar-refractivity contribution >= 4 is 11.7 Å². The van der Waals surface area contributed by atoms with Crippen LogP contribution in [-0.4, -0.2) is 19.4 Å². The van der Waals surface area contributed by atoms with Gasteiger partial charge in [0.15, 0.2) is 11.5 Å². The second-order valence-electron chi connectivity index (χ2n) is 3.43. The maximum Gasteiger partial charge on any atom is 0.340 e. The number of anilines is 1. The Morgan fingerprint density at radius 2 is 2.12 bits per heavy atom. The fraction of sp³-hybridized carbons (Fsp3) is 0.364. The highest BCUT2D eigenvalue weighted by Crippen LogP contribution is 2.36. The van der Waals surface area contributed by atoms with Crippen molar-refractivity contribution in [1.29, 1.82) is 0 Å². The number of ether oxygens (including phenoxy) is 3. The van der Waals surface area contributed by atoms with Crippen LogP contribution in [-0.2, 0) is 4.74 Å². The van der Waals surface area contributed by atoms with Crippen LogP contribution >= 0.6 is 0 Å². The zero-order valence-electron chi connectivity index (χ0n) is 8.99. The highest BCUT2D eigenvalue weighted by molar-refractivity contribution is 5.96. The first-order valence-corrected chi connectivity index (χ1v) is 5.08. The van der Waals surface area contributed by atoms with Crippen LogP contribution in [0.5, 0.6) is 11.5 Å². The SMILES string of the molecule is CCCOC(=O)c1cc2c(cc1N)OCO2. The van der Waals surface area contributed by atoms with Crippen molar-refractivity contribution in [3.63, 3.8) is 0 Å². The average molecular weight is 223 g/mol. The molecular weight excluding hydrogens is 210 g/mol. The van der Waals surface area contributed by atoms with Gasteiger partial charge in [-0.15, -0.1) is 0 Å². The van der Waals surface area contributed by atoms with Gasteiger partial charge in [-0.1, -0.05) is 6.92 Å². The third kappa shape index (κ3) is 1.88. The molecule has 0 atom stereocenters. The zero-order valence-corrected chi connectivity index (χ0v) is 8.99. The molecule has 2 rings (SSSR count). The van der Waals surface area contributed by atoms with Gasteiger partial charge in [0.25, 0.3) is 0 Å². The van der Waals surface area contributed by atoms with Gasteiger partial charge in [0.1, 0.15) is 0 Å². The highest BCUT2D eigenvalue weighted by Gasteiger charge is 2.20. The first-order valence-electron chi connectivity index (χ1n) is 5.08. The van der Waals surface area contributed by atoms with Crippen molar-refractivity contribution in [1.82, 2.24) is 0 Å². The molecule has 0 amide bonds. The Labute approximate surface area is 93.1 Å². The Morgan fingerprint density at radius 3 is 2.81 bits per heavy atom. The summed E-state index contributed by atoms with van der Waals surface area (Å²) in [7, 11) is 0. The minimum atomic E-state index is -0.433. The van der Waals surface area contributed by atoms with Crippen LogP contribution in [0.15, 0.2) is 12.1 Å². The van der Waals surface area contributed by atoms with E-state index in [1.54, 1.807) is 12.1 Å². The number of hydrogen-bond donors (Lipinski definition) is 1. The summed E-state index contributed by atoms with van der Waals surface area (Å²) in [6, 6.07) is 3.13. The largest absolute Gasteiger partial charge is 0.462 e. The zero-order chi connectivity index (χ0) is 11.5. The van der Waals surface area contributed by atoms with Crippen LogP contribution in [0.3, 0.4) is 0 Å². The van der Waals surface area contributed by atoms with Crippen LogP contribution in [0.1, 0.15) is 23.7 Å². The third-order valence-corrected chi connectivity index (χ3v) is 2.20. The number of nitrogen functional groups attached to an aromatic ring is 1. The lowest BCUT2D eigenvalue weighted by atomic mass is 10.1. The van der Waals surface area contributed by atoms with Gasteiger partial charge in [-0.2, -0.15) is 0 Å². The molecule has 0 bridgehead atoms. The Hall–Kier alpha value is -1.91. The van der Waals surface area contributed by atoms with E-state index in [4.69, 9.17) is 19.9 Å². The predicted molar refractivity (Wildman–Crippen MR) is 57.6 cm³/mol. The predicted octanol–water partition coefficient (Wildman–Crippen LogP) is 1.56. The molecule has 1 aromatic rings. The fourth-order valence-corrected chi connectivity index (χ4v) is 1.41. The topological polar surface area (TPSA) is 70.8 Å². The van der Waals surface area contributed by atoms with Crippen molar-refractivity contribution in [3.05, 3.63) is 17.7 Å². The molecule has 0 aromatic heterocycles. The van der Waals surface area contributed by atoms with Crippen LogP contribution in [0.25, 0.3) is 0 Å². The van der Waals surface area contributed by atoms with E-state index >= 15 is 0 Å². The number of nitrogens with two attached hydrogens (primary N) is 1. The number of hydrogen-bond acceptors (Lipinski definition) is 5. The van der Waals surface area contributed by atoms with Crippen LogP contribution in [0, 0.1) is 0 Å². The number of rotatable bonds is 3. The maximum absolute atomic E-state index is 11.6. The highest BCUT2D eigenvalue weighted by atomic mass is 16.7. The second-order valence-corrected chi connectivity index (χ2v) is 3.43. The summed E-state index contributed by atoms with van der Waals surface area (Å²) in [4.78, 5) is 11.6. The van der Waals surface area contributed by atoms with Gasteiger partial charge in [0.2, 0.25) is 6.79 Å². The summed E-state index contributed by atoms with van der Waals surface area (Å²) in [5.41, 5.74) is 6.39. The lowest BCUT2D eigenvalue weighted by Gasteiger charge is -2.07. The smallest absolute Gasteiger partial charge is 0.340 e. The molecule has 1 aliphatic rings. The van der Waals surface area contributed by atoms with Gasteiger partial charge in [-0.3, -0.25) is 0 Å². The van der Waals surface area contributed by atoms with Gasteiger partial charge in [-0.05, 0) is 6.42 Å². The van der Waals surface area contributed by atoms with Gasteiger partial charge in [0.05, 0.1) is 17.9 Å². The summed E-state index contributed by atoms with van der Waals surface area (Å²) >= 11 is 0. The van der Waals surface area contributed by atoms with E-state index < -0.39 is 5.97 Å². The van der Waals surface area contributed by atoms with Crippen molar-refractivity contribution in [2.24, 2.45) is 0 Å². The molecule has 0 fully saturated rings. The Kier molecular flexibility index (Phi) is 2.85. The van der Waals surface area contributed by atoms with E-state index in [0.717, 1.165) is 6.42 Å². The molecule has 2 N–H and O–H groups in total. The van der Waals surface area contributed by atoms with E-state index in [1.165, 1.54) is 0 Å². The quantitative estimate of drug-likeness (QED) is 0.622. The number of benzene rings is 1. The van der Waals surface area contributed by atoms with E-state index in [9.17, 15) is 4.79 Å². The number of carbonyl (C=O) groups excluding carboxylic acids is 1. The molecular formula is C11H13NO4. The Balaban J connectivity index is 2.24. The van der Waals surface area contributed by atoms with E-state index in [2.05, 4.69) is 0 Å². The fourth-order valence-electron chi connectivity index (χ4n) is 1.41. The van der Waals surface area contributed by atoms with Gasteiger partial charge >= 0.3 is 5.97 Å². The lowest BCUT2D eigenvalue weighted by molar-refractivity contribution is 0.0506. The molecule has 0 aliphatic carbocycles. The van der Waals surface area contributed by atoms with E-state index in [1.807, 2.05) is 6.92 Å². The summed E-state index contributed by atoms with van der Waals surface area (Å²) in [5.74, 6) is 0.653. The van der Waals surface area contributed by atoms with Crippen molar-refractivity contribution in [3.8, 4) is 11.5 Å². The number of carbonyl (C=O) groups is 1. The first-order chi connectivity index (χ1) is 7.72. The first kappa shape index (κ1) is 10.6. The van der Waals surface area contributed by atoms with Crippen molar-refractivity contribution in [2.75, 3.05) is 19.1 Å². The number of fused-ring (bicyclic) bond motifs is 1. The monoisotopic (exact) mass is 223 g/mol. The Bertz CT molecular complexity index is 417. The molecule has 0 saturated carbocycles. The molecule has 1 aromatic carbocycles. The molecule has 0 spiro atoms. The average Bonchev–Trinajstić information content (AvgIpc) is 2.71. The lowest BCUT2D eigenvalue weighted by Crippen LogP contribution is -2.08. The van der Waals surface area contributed by atoms with Gasteiger partial charge < -0.3 is 19.9 Å². The molecule has 0 saturated heterocycles. The summed E-state index contributed by atoms with van der Waals surface area (Å²) in [5, 5.41) is 0. The summed E-state index contributed by atoms with van der Waals surface area (Å²) in [6.45, 7) is 2.46. The normalized spacial score (nSPS) is 12.6. The van der Waals surface area contributed by atoms with E-state index in [0.29, 0.717) is 29.4 Å². The molecule has 5 nitrogen and oxygen atoms in total. The van der Waals surface area contributed by atoms with Crippen LogP contribution in [0.2, 0.25) is 0 Å². The maximum atomic E-state index is 11.6. The Morgan fingerprint density at radius 1 is 1.44 bits per heavy atom. The van der Waals surface area contributed by atoms with Crippen molar-refractivity contribution < 1.29 is 19.0 Å². The van der Waals surface area contributed by atoms with E-state index in [-0.39, 0.29) is 6.79 Å². The van der Waals surface area contributed by atoms with Crippen LogP contribution < -0.4 is 15.2 Å². The van der Waals surface area contributed by atoms with Crippen molar-refractivity contribution in [2.45, 2.75) is 13.3 Å². The summed E-state index contributed by atoms with van der Waals surface area (Å²) in [6.07, 6.45) is 0.774. The molecule has 0 unspecified atom stereocenters. The van der Waals surface area contributed by atoms with Gasteiger partial charge in [0, 0.05) is 12.1 Å². The molecule has 5 heteroatoms. The summed E-state index contributed by atoms with van der Waals surface area (Å²) < 4.78 is 15.3. The molecule has 1 aliphatic heterocycles. The van der Waals surface area contributed by atoms with Crippen LogP contribution in [0.4, 0.5) is 5.69 Å². The van der Waals surface area contributed by atoms with Gasteiger partial charge in [-0.25, -0.2) is 4.79 Å². The second kappa shape index (κ2) is 4.30. The minimum Gasteiger partial charge on any atom is -0.462 e. The molecule has 86 valence electrons. The number of esters is 1. The molecule has 0 radical (unpaired) electrons. The molecule has 16 heavy (non-hydrogen) atoms.